The van der Waals surface area contributed by atoms with Gasteiger partial charge in [-0.3, -0.25) is 4.90 Å². The highest BCUT2D eigenvalue weighted by atomic mass is 19.5. The number of nitrogens with zero attached hydrogens (tertiary/aromatic N) is 1. The molecule has 7 heteroatoms. The van der Waals surface area contributed by atoms with Crippen molar-refractivity contribution < 1.29 is 22.2 Å². The first-order valence-corrected chi connectivity index (χ1v) is 5.73. The van der Waals surface area contributed by atoms with Crippen LogP contribution in [0.25, 0.3) is 0 Å². The Morgan fingerprint density at radius 1 is 1.00 bits per heavy atom. The molecule has 0 aliphatic carbocycles. The van der Waals surface area contributed by atoms with Gasteiger partial charge in [-0.2, -0.15) is 0 Å². The minimum atomic E-state index is -6.00. The summed E-state index contributed by atoms with van der Waals surface area (Å²) in [5, 5.41) is 0. The van der Waals surface area contributed by atoms with Crippen LogP contribution in [0.15, 0.2) is 17.4 Å². The molecule has 0 fully saturated rings. The molecule has 18 heavy (non-hydrogen) atoms. The van der Waals surface area contributed by atoms with Crippen LogP contribution in [0.4, 0.5) is 17.3 Å². The van der Waals surface area contributed by atoms with Crippen molar-refractivity contribution in [1.82, 2.24) is 0 Å². The van der Waals surface area contributed by atoms with E-state index in [1.165, 1.54) is 10.7 Å². The molecule has 1 aliphatic heterocycles. The molecule has 2 nitrogen and oxygen atoms in total. The molecule has 0 bridgehead atoms. The van der Waals surface area contributed by atoms with Crippen molar-refractivity contribution in [1.29, 1.82) is 0 Å². The molecule has 0 saturated heterocycles. The van der Waals surface area contributed by atoms with Crippen molar-refractivity contribution in [3.8, 4) is 0 Å². The van der Waals surface area contributed by atoms with E-state index in [2.05, 4.69) is 52.7 Å². The van der Waals surface area contributed by atoms with Crippen molar-refractivity contribution in [2.24, 2.45) is 10.4 Å². The largest absolute Gasteiger partial charge is 0.673 e. The van der Waals surface area contributed by atoms with E-state index in [4.69, 9.17) is 0 Å². The summed E-state index contributed by atoms with van der Waals surface area (Å²) in [6, 6.07) is 0. The SMILES string of the molecule is CC(C)(C)C1=NC=C[NH+]1C(C)(C)C.F[B-](F)(F)F. The quantitative estimate of drug-likeness (QED) is 0.514. The Kier molecular flexibility index (Phi) is 5.17. The maximum Gasteiger partial charge on any atom is 0.673 e. The number of quaternary nitrogens is 1. The second-order valence-electron chi connectivity index (χ2n) is 6.20. The smallest absolute Gasteiger partial charge is 0.418 e. The predicted octanol–water partition coefficient (Wildman–Crippen LogP) is 2.90. The molecule has 0 aromatic carbocycles. The summed E-state index contributed by atoms with van der Waals surface area (Å²) in [5.41, 5.74) is 0.366. The first kappa shape index (κ1) is 17.2. The molecule has 1 rings (SSSR count). The molecular weight excluding hydrogens is 247 g/mol. The molecule has 0 aromatic rings. The molecule has 0 amide bonds. The number of nitrogens with one attached hydrogen (secondary N) is 1. The molecule has 0 radical (unpaired) electrons. The Morgan fingerprint density at radius 2 is 1.39 bits per heavy atom. The van der Waals surface area contributed by atoms with Gasteiger partial charge in [0, 0.05) is 0 Å². The third-order valence-corrected chi connectivity index (χ3v) is 2.22. The average Bonchev–Trinajstić information content (AvgIpc) is 2.43. The van der Waals surface area contributed by atoms with Crippen LogP contribution in [-0.2, 0) is 0 Å². The van der Waals surface area contributed by atoms with Gasteiger partial charge in [0.1, 0.15) is 6.20 Å². The third-order valence-electron chi connectivity index (χ3n) is 2.22. The summed E-state index contributed by atoms with van der Waals surface area (Å²) in [4.78, 5) is 5.83. The van der Waals surface area contributed by atoms with E-state index in [0.717, 1.165) is 0 Å². The second kappa shape index (κ2) is 5.42. The number of hydrogen-bond acceptors (Lipinski definition) is 1. The first-order valence-electron chi connectivity index (χ1n) is 5.73. The van der Waals surface area contributed by atoms with Crippen LogP contribution in [0.5, 0.6) is 0 Å². The maximum absolute atomic E-state index is 9.75. The van der Waals surface area contributed by atoms with Gasteiger partial charge in [0.05, 0.1) is 17.2 Å². The summed E-state index contributed by atoms with van der Waals surface area (Å²) in [6.45, 7) is 13.3. The molecule has 1 atom stereocenters. The van der Waals surface area contributed by atoms with Crippen LogP contribution in [0.2, 0.25) is 0 Å². The lowest BCUT2D eigenvalue weighted by Gasteiger charge is -2.31. The molecule has 0 saturated carbocycles. The normalized spacial score (nSPS) is 20.3. The number of aliphatic imine (C=N–C) groups is 1. The number of halogens is 4. The van der Waals surface area contributed by atoms with Crippen molar-refractivity contribution >= 4 is 13.1 Å². The molecule has 1 aliphatic rings. The highest BCUT2D eigenvalue weighted by Crippen LogP contribution is 2.15. The number of hydrogen-bond donors (Lipinski definition) is 1. The van der Waals surface area contributed by atoms with Crippen LogP contribution in [0, 0.1) is 5.41 Å². The van der Waals surface area contributed by atoms with E-state index in [9.17, 15) is 17.3 Å². The Labute approximate surface area is 106 Å². The molecular formula is C11H21BF4N2. The van der Waals surface area contributed by atoms with Gasteiger partial charge in [-0.05, 0) is 41.5 Å². The van der Waals surface area contributed by atoms with E-state index in [1.807, 2.05) is 6.20 Å². The molecule has 1 N–H and O–H groups in total. The minimum absolute atomic E-state index is 0.159. The van der Waals surface area contributed by atoms with E-state index < -0.39 is 7.25 Å². The van der Waals surface area contributed by atoms with E-state index >= 15 is 0 Å². The van der Waals surface area contributed by atoms with Crippen LogP contribution < -0.4 is 4.90 Å². The van der Waals surface area contributed by atoms with E-state index in [1.54, 1.807) is 0 Å². The molecule has 0 aromatic heterocycles. The zero-order chi connectivity index (χ0) is 14.8. The van der Waals surface area contributed by atoms with E-state index in [0.29, 0.717) is 0 Å². The average molecular weight is 268 g/mol. The van der Waals surface area contributed by atoms with Gasteiger partial charge < -0.3 is 17.3 Å². The van der Waals surface area contributed by atoms with Gasteiger partial charge in [0.2, 0.25) is 5.84 Å². The molecule has 0 spiro atoms. The topological polar surface area (TPSA) is 16.8 Å². The highest BCUT2D eigenvalue weighted by molar-refractivity contribution is 6.50. The second-order valence-corrected chi connectivity index (χ2v) is 6.20. The van der Waals surface area contributed by atoms with Crippen molar-refractivity contribution in [2.45, 2.75) is 47.1 Å². The third kappa shape index (κ3) is 6.78. The highest BCUT2D eigenvalue weighted by Gasteiger charge is 2.38. The van der Waals surface area contributed by atoms with Gasteiger partial charge in [-0.1, -0.05) is 0 Å². The summed E-state index contributed by atoms with van der Waals surface area (Å²) < 4.78 is 39.0. The zero-order valence-electron chi connectivity index (χ0n) is 11.7. The monoisotopic (exact) mass is 268 g/mol. The van der Waals surface area contributed by atoms with Gasteiger partial charge in [-0.25, -0.2) is 4.99 Å². The standard InChI is InChI=1S/C11H20N2.BF4/c1-10(2,3)9-12-7-8-13(9)11(4,5)6;2-1(3,4)5/h7-8H,1-6H3;/q;-1/p+1. The Hall–Kier alpha value is -0.845. The number of rotatable bonds is 0. The lowest BCUT2D eigenvalue weighted by Crippen LogP contribution is -3.17. The van der Waals surface area contributed by atoms with Gasteiger partial charge >= 0.3 is 7.25 Å². The van der Waals surface area contributed by atoms with E-state index in [-0.39, 0.29) is 11.0 Å². The first-order chi connectivity index (χ1) is 7.73. The maximum atomic E-state index is 9.75. The summed E-state index contributed by atoms with van der Waals surface area (Å²) in [7, 11) is -6.00. The molecule has 1 heterocycles. The van der Waals surface area contributed by atoms with Gasteiger partial charge in [-0.15, -0.1) is 0 Å². The number of amidine groups is 1. The summed E-state index contributed by atoms with van der Waals surface area (Å²) >= 11 is 0. The van der Waals surface area contributed by atoms with Crippen LogP contribution in [-0.4, -0.2) is 18.6 Å². The Bertz CT molecular complexity index is 328. The van der Waals surface area contributed by atoms with Gasteiger partial charge in [0.15, 0.2) is 0 Å². The van der Waals surface area contributed by atoms with Crippen molar-refractivity contribution in [2.75, 3.05) is 0 Å². The lowest BCUT2D eigenvalue weighted by molar-refractivity contribution is -0.806. The zero-order valence-corrected chi connectivity index (χ0v) is 11.7. The fourth-order valence-electron chi connectivity index (χ4n) is 1.54. The van der Waals surface area contributed by atoms with Crippen LogP contribution in [0.3, 0.4) is 0 Å². The summed E-state index contributed by atoms with van der Waals surface area (Å²) in [5.74, 6) is 1.24. The van der Waals surface area contributed by atoms with Gasteiger partial charge in [0.25, 0.3) is 0 Å². The Balaban J connectivity index is 0.000000494. The predicted molar refractivity (Wildman–Crippen MR) is 66.9 cm³/mol. The van der Waals surface area contributed by atoms with Crippen molar-refractivity contribution in [3.05, 3.63) is 12.4 Å². The lowest BCUT2D eigenvalue weighted by atomic mass is 9.92. The van der Waals surface area contributed by atoms with Crippen LogP contribution >= 0.6 is 0 Å². The molecule has 1 unspecified atom stereocenters. The fourth-order valence-corrected chi connectivity index (χ4v) is 1.54. The van der Waals surface area contributed by atoms with Crippen molar-refractivity contribution in [3.63, 3.8) is 0 Å². The van der Waals surface area contributed by atoms with Crippen LogP contribution in [0.1, 0.15) is 41.5 Å². The molecule has 106 valence electrons. The fraction of sp³-hybridized carbons (Fsp3) is 0.727. The summed E-state index contributed by atoms with van der Waals surface area (Å²) in [6.07, 6.45) is 4.06. The Morgan fingerprint density at radius 3 is 1.61 bits per heavy atom. The minimum Gasteiger partial charge on any atom is -0.418 e.